The van der Waals surface area contributed by atoms with Gasteiger partial charge in [0.15, 0.2) is 0 Å². The van der Waals surface area contributed by atoms with E-state index in [9.17, 15) is 4.79 Å². The van der Waals surface area contributed by atoms with E-state index in [1.54, 1.807) is 12.4 Å². The van der Waals surface area contributed by atoms with Crippen molar-refractivity contribution in [3.63, 3.8) is 0 Å². The van der Waals surface area contributed by atoms with Crippen molar-refractivity contribution in [3.05, 3.63) is 83.7 Å². The van der Waals surface area contributed by atoms with Gasteiger partial charge in [0.1, 0.15) is 0 Å². The highest BCUT2D eigenvalue weighted by molar-refractivity contribution is 5.95. The molecule has 0 radical (unpaired) electrons. The van der Waals surface area contributed by atoms with Crippen molar-refractivity contribution in [2.75, 3.05) is 18.8 Å². The summed E-state index contributed by atoms with van der Waals surface area (Å²) in [5.74, 6) is 0.497. The number of likely N-dealkylation sites (tertiary alicyclic amines) is 1. The smallest absolute Gasteiger partial charge is 0.253 e. The first-order chi connectivity index (χ1) is 13.6. The number of anilines is 1. The van der Waals surface area contributed by atoms with Gasteiger partial charge in [0.2, 0.25) is 0 Å². The molecule has 3 aromatic rings. The second kappa shape index (κ2) is 7.85. The second-order valence-electron chi connectivity index (χ2n) is 7.53. The van der Waals surface area contributed by atoms with Crippen LogP contribution in [0.5, 0.6) is 0 Å². The Morgan fingerprint density at radius 3 is 2.75 bits per heavy atom. The number of amides is 1. The molecule has 2 N–H and O–H groups in total. The fraction of sp³-hybridized carbons (Fsp3) is 0.250. The van der Waals surface area contributed by atoms with E-state index in [1.807, 2.05) is 35.2 Å². The second-order valence-corrected chi connectivity index (χ2v) is 7.53. The lowest BCUT2D eigenvalue weighted by molar-refractivity contribution is 0.0707. The average Bonchev–Trinajstić information content (AvgIpc) is 2.74. The van der Waals surface area contributed by atoms with Crippen molar-refractivity contribution < 1.29 is 4.79 Å². The molecule has 0 saturated carbocycles. The van der Waals surface area contributed by atoms with E-state index in [4.69, 9.17) is 5.73 Å². The monoisotopic (exact) mass is 371 g/mol. The number of hydrogen-bond acceptors (Lipinski definition) is 3. The molecular weight excluding hydrogens is 346 g/mol. The van der Waals surface area contributed by atoms with Gasteiger partial charge in [0.05, 0.1) is 5.69 Å². The molecule has 0 spiro atoms. The SMILES string of the molecule is Cc1ccccc1[C@H]1CCCN(C(=O)c2cccc(-c3cncc(N)c3)c2)C1. The highest BCUT2D eigenvalue weighted by Gasteiger charge is 2.26. The van der Waals surface area contributed by atoms with Crippen LogP contribution in [0.4, 0.5) is 5.69 Å². The highest BCUT2D eigenvalue weighted by Crippen LogP contribution is 2.30. The van der Waals surface area contributed by atoms with Crippen LogP contribution in [0.25, 0.3) is 11.1 Å². The summed E-state index contributed by atoms with van der Waals surface area (Å²) in [6.45, 7) is 3.73. The summed E-state index contributed by atoms with van der Waals surface area (Å²) in [5, 5.41) is 0. The molecule has 1 amide bonds. The van der Waals surface area contributed by atoms with Crippen LogP contribution >= 0.6 is 0 Å². The molecular formula is C24H25N3O. The lowest BCUT2D eigenvalue weighted by atomic mass is 9.87. The Morgan fingerprint density at radius 2 is 1.93 bits per heavy atom. The van der Waals surface area contributed by atoms with E-state index >= 15 is 0 Å². The zero-order chi connectivity index (χ0) is 19.5. The zero-order valence-electron chi connectivity index (χ0n) is 16.1. The fourth-order valence-corrected chi connectivity index (χ4v) is 4.09. The number of carbonyl (C=O) groups is 1. The van der Waals surface area contributed by atoms with Crippen molar-refractivity contribution >= 4 is 11.6 Å². The number of nitrogen functional groups attached to an aromatic ring is 1. The molecule has 4 heteroatoms. The number of pyridine rings is 1. The molecule has 4 nitrogen and oxygen atoms in total. The third-order valence-corrected chi connectivity index (χ3v) is 5.54. The van der Waals surface area contributed by atoms with Gasteiger partial charge in [0, 0.05) is 42.5 Å². The third-order valence-electron chi connectivity index (χ3n) is 5.54. The minimum Gasteiger partial charge on any atom is -0.397 e. The predicted octanol–water partition coefficient (Wildman–Crippen LogP) is 4.66. The molecule has 1 saturated heterocycles. The molecule has 142 valence electrons. The molecule has 1 aliphatic rings. The summed E-state index contributed by atoms with van der Waals surface area (Å²) < 4.78 is 0. The van der Waals surface area contributed by atoms with Crippen LogP contribution in [0, 0.1) is 6.92 Å². The Hall–Kier alpha value is -3.14. The average molecular weight is 371 g/mol. The van der Waals surface area contributed by atoms with Gasteiger partial charge in [-0.3, -0.25) is 9.78 Å². The standard InChI is InChI=1S/C24H25N3O/c1-17-6-2-3-10-23(17)20-9-5-11-27(16-20)24(28)19-8-4-7-18(12-19)21-13-22(25)15-26-14-21/h2-4,6-8,10,12-15,20H,5,9,11,16,25H2,1H3/t20-/m0/s1. The van der Waals surface area contributed by atoms with Gasteiger partial charge >= 0.3 is 0 Å². The van der Waals surface area contributed by atoms with Crippen LogP contribution in [0.2, 0.25) is 0 Å². The molecule has 1 atom stereocenters. The normalized spacial score (nSPS) is 16.8. The number of aryl methyl sites for hydroxylation is 1. The number of carbonyl (C=O) groups excluding carboxylic acids is 1. The van der Waals surface area contributed by atoms with Crippen LogP contribution in [0.15, 0.2) is 67.0 Å². The Bertz CT molecular complexity index is 998. The topological polar surface area (TPSA) is 59.2 Å². The number of nitrogens with zero attached hydrogens (tertiary/aromatic N) is 2. The van der Waals surface area contributed by atoms with Crippen molar-refractivity contribution in [2.24, 2.45) is 0 Å². The Labute approximate surface area is 166 Å². The first kappa shape index (κ1) is 18.2. The van der Waals surface area contributed by atoms with Gasteiger partial charge < -0.3 is 10.6 Å². The van der Waals surface area contributed by atoms with E-state index in [1.165, 1.54) is 11.1 Å². The van der Waals surface area contributed by atoms with Crippen molar-refractivity contribution in [1.29, 1.82) is 0 Å². The Morgan fingerprint density at radius 1 is 1.07 bits per heavy atom. The molecule has 2 aromatic carbocycles. The molecule has 1 aromatic heterocycles. The van der Waals surface area contributed by atoms with Gasteiger partial charge in [0.25, 0.3) is 5.91 Å². The molecule has 0 unspecified atom stereocenters. The Kier molecular flexibility index (Phi) is 5.11. The first-order valence-corrected chi connectivity index (χ1v) is 9.77. The van der Waals surface area contributed by atoms with Gasteiger partial charge in [-0.2, -0.15) is 0 Å². The molecule has 0 aliphatic carbocycles. The number of hydrogen-bond donors (Lipinski definition) is 1. The molecule has 0 bridgehead atoms. The summed E-state index contributed by atoms with van der Waals surface area (Å²) in [5.41, 5.74) is 11.7. The number of piperidine rings is 1. The summed E-state index contributed by atoms with van der Waals surface area (Å²) in [6, 6.07) is 18.1. The van der Waals surface area contributed by atoms with Gasteiger partial charge in [-0.15, -0.1) is 0 Å². The summed E-state index contributed by atoms with van der Waals surface area (Å²) in [6.07, 6.45) is 5.56. The van der Waals surface area contributed by atoms with Crippen LogP contribution in [-0.4, -0.2) is 28.9 Å². The highest BCUT2D eigenvalue weighted by atomic mass is 16.2. The zero-order valence-corrected chi connectivity index (χ0v) is 16.1. The first-order valence-electron chi connectivity index (χ1n) is 9.77. The fourth-order valence-electron chi connectivity index (χ4n) is 4.09. The number of aromatic nitrogens is 1. The third kappa shape index (κ3) is 3.77. The maximum absolute atomic E-state index is 13.2. The van der Waals surface area contributed by atoms with E-state index in [0.717, 1.165) is 37.1 Å². The molecule has 1 aliphatic heterocycles. The van der Waals surface area contributed by atoms with Crippen molar-refractivity contribution in [2.45, 2.75) is 25.7 Å². The van der Waals surface area contributed by atoms with Crippen molar-refractivity contribution in [3.8, 4) is 11.1 Å². The largest absolute Gasteiger partial charge is 0.397 e. The van der Waals surface area contributed by atoms with E-state index in [-0.39, 0.29) is 5.91 Å². The predicted molar refractivity (Wildman–Crippen MR) is 113 cm³/mol. The summed E-state index contributed by atoms with van der Waals surface area (Å²) in [4.78, 5) is 19.4. The van der Waals surface area contributed by atoms with E-state index in [0.29, 0.717) is 17.2 Å². The lowest BCUT2D eigenvalue weighted by Crippen LogP contribution is -2.39. The maximum atomic E-state index is 13.2. The molecule has 4 rings (SSSR count). The quantitative estimate of drug-likeness (QED) is 0.728. The number of nitrogens with two attached hydrogens (primary N) is 1. The van der Waals surface area contributed by atoms with Crippen molar-refractivity contribution in [1.82, 2.24) is 9.88 Å². The summed E-state index contributed by atoms with van der Waals surface area (Å²) in [7, 11) is 0. The lowest BCUT2D eigenvalue weighted by Gasteiger charge is -2.34. The van der Waals surface area contributed by atoms with E-state index in [2.05, 4.69) is 36.2 Å². The number of benzene rings is 2. The molecule has 28 heavy (non-hydrogen) atoms. The minimum absolute atomic E-state index is 0.0944. The van der Waals surface area contributed by atoms with Crippen LogP contribution in [-0.2, 0) is 0 Å². The van der Waals surface area contributed by atoms with Crippen LogP contribution < -0.4 is 5.73 Å². The van der Waals surface area contributed by atoms with E-state index < -0.39 is 0 Å². The Balaban J connectivity index is 1.56. The van der Waals surface area contributed by atoms with Gasteiger partial charge in [-0.25, -0.2) is 0 Å². The minimum atomic E-state index is 0.0944. The van der Waals surface area contributed by atoms with Gasteiger partial charge in [-0.05, 0) is 54.7 Å². The van der Waals surface area contributed by atoms with Crippen LogP contribution in [0.1, 0.15) is 40.2 Å². The maximum Gasteiger partial charge on any atom is 0.253 e. The molecule has 2 heterocycles. The van der Waals surface area contributed by atoms with Gasteiger partial charge in [-0.1, -0.05) is 36.4 Å². The summed E-state index contributed by atoms with van der Waals surface area (Å²) >= 11 is 0. The van der Waals surface area contributed by atoms with Crippen LogP contribution in [0.3, 0.4) is 0 Å². The number of rotatable bonds is 3. The molecule has 1 fully saturated rings.